The van der Waals surface area contributed by atoms with E-state index in [4.69, 9.17) is 11.6 Å². The molecule has 5 nitrogen and oxygen atoms in total. The number of para-hydroxylation sites is 1. The lowest BCUT2D eigenvalue weighted by Gasteiger charge is -2.18. The number of hydrogen-bond donors (Lipinski definition) is 1. The van der Waals surface area contributed by atoms with Crippen LogP contribution in [0.1, 0.15) is 17.5 Å². The summed E-state index contributed by atoms with van der Waals surface area (Å²) in [6.45, 7) is 4.18. The minimum atomic E-state index is -0.441. The van der Waals surface area contributed by atoms with Gasteiger partial charge in [-0.2, -0.15) is 0 Å². The maximum absolute atomic E-state index is 12.8. The first-order chi connectivity index (χ1) is 13.4. The average molecular weight is 394 g/mol. The standard InChI is InChI=1S/C22H20ClN3O2/c1-13-9-14(2)20(17(23)10-13)25-22(28)16-11-19(27)26(12-16)18-7-3-5-15-6-4-8-24-21(15)18/h3-10,16H,11-12H2,1-2H3,(H,25,28). The summed E-state index contributed by atoms with van der Waals surface area (Å²) in [7, 11) is 0. The predicted octanol–water partition coefficient (Wildman–Crippen LogP) is 4.50. The summed E-state index contributed by atoms with van der Waals surface area (Å²) < 4.78 is 0. The number of nitrogens with zero attached hydrogens (tertiary/aromatic N) is 2. The molecular weight excluding hydrogens is 374 g/mol. The van der Waals surface area contributed by atoms with E-state index in [9.17, 15) is 9.59 Å². The summed E-state index contributed by atoms with van der Waals surface area (Å²) in [4.78, 5) is 31.6. The number of nitrogens with one attached hydrogen (secondary N) is 1. The van der Waals surface area contributed by atoms with Crippen LogP contribution in [0, 0.1) is 19.8 Å². The number of carbonyl (C=O) groups excluding carboxylic acids is 2. The van der Waals surface area contributed by atoms with Crippen LogP contribution in [0.4, 0.5) is 11.4 Å². The summed E-state index contributed by atoms with van der Waals surface area (Å²) in [6.07, 6.45) is 1.87. The first kappa shape index (κ1) is 18.4. The summed E-state index contributed by atoms with van der Waals surface area (Å²) >= 11 is 6.30. The molecule has 28 heavy (non-hydrogen) atoms. The Balaban J connectivity index is 1.57. The zero-order valence-electron chi connectivity index (χ0n) is 15.7. The van der Waals surface area contributed by atoms with Gasteiger partial charge in [0, 0.05) is 24.5 Å². The molecule has 2 heterocycles. The normalized spacial score (nSPS) is 16.6. The lowest BCUT2D eigenvalue weighted by Crippen LogP contribution is -2.28. The third-order valence-electron chi connectivity index (χ3n) is 5.08. The number of carbonyl (C=O) groups is 2. The smallest absolute Gasteiger partial charge is 0.229 e. The van der Waals surface area contributed by atoms with E-state index in [-0.39, 0.29) is 18.2 Å². The third-order valence-corrected chi connectivity index (χ3v) is 5.38. The maximum Gasteiger partial charge on any atom is 0.229 e. The number of rotatable bonds is 3. The summed E-state index contributed by atoms with van der Waals surface area (Å²) in [5.74, 6) is -0.717. The first-order valence-corrected chi connectivity index (χ1v) is 9.53. The molecule has 1 atom stereocenters. The molecule has 1 aliphatic rings. The molecule has 1 aromatic heterocycles. The van der Waals surface area contributed by atoms with Crippen LogP contribution in [0.15, 0.2) is 48.7 Å². The summed E-state index contributed by atoms with van der Waals surface area (Å²) in [6, 6.07) is 13.3. The molecular formula is C22H20ClN3O2. The van der Waals surface area contributed by atoms with Crippen LogP contribution >= 0.6 is 11.6 Å². The first-order valence-electron chi connectivity index (χ1n) is 9.16. The van der Waals surface area contributed by atoms with Crippen molar-refractivity contribution in [1.82, 2.24) is 4.98 Å². The highest BCUT2D eigenvalue weighted by Gasteiger charge is 2.36. The Bertz CT molecular complexity index is 1070. The highest BCUT2D eigenvalue weighted by atomic mass is 35.5. The Kier molecular flexibility index (Phi) is 4.77. The van der Waals surface area contributed by atoms with Crippen molar-refractivity contribution in [2.45, 2.75) is 20.3 Å². The summed E-state index contributed by atoms with van der Waals surface area (Å²) in [5.41, 5.74) is 4.04. The van der Waals surface area contributed by atoms with E-state index in [1.54, 1.807) is 11.1 Å². The van der Waals surface area contributed by atoms with E-state index in [1.807, 2.05) is 56.3 Å². The van der Waals surface area contributed by atoms with Gasteiger partial charge in [0.15, 0.2) is 0 Å². The van der Waals surface area contributed by atoms with Gasteiger partial charge in [-0.05, 0) is 43.2 Å². The summed E-state index contributed by atoms with van der Waals surface area (Å²) in [5, 5.41) is 4.38. The fraction of sp³-hybridized carbons (Fsp3) is 0.227. The van der Waals surface area contributed by atoms with E-state index in [1.165, 1.54) is 0 Å². The number of hydrogen-bond acceptors (Lipinski definition) is 3. The molecule has 1 aliphatic heterocycles. The molecule has 1 saturated heterocycles. The van der Waals surface area contributed by atoms with Gasteiger partial charge in [0.2, 0.25) is 11.8 Å². The van der Waals surface area contributed by atoms with Gasteiger partial charge in [0.1, 0.15) is 0 Å². The molecule has 0 aliphatic carbocycles. The fourth-order valence-electron chi connectivity index (χ4n) is 3.72. The number of anilines is 2. The van der Waals surface area contributed by atoms with Crippen molar-refractivity contribution in [3.05, 3.63) is 64.8 Å². The highest BCUT2D eigenvalue weighted by Crippen LogP contribution is 2.32. The quantitative estimate of drug-likeness (QED) is 0.712. The van der Waals surface area contributed by atoms with Crippen LogP contribution < -0.4 is 10.2 Å². The molecule has 0 radical (unpaired) electrons. The van der Waals surface area contributed by atoms with Gasteiger partial charge in [-0.1, -0.05) is 35.9 Å². The Morgan fingerprint density at radius 1 is 1.21 bits per heavy atom. The van der Waals surface area contributed by atoms with E-state index < -0.39 is 5.92 Å². The molecule has 1 N–H and O–H groups in total. The van der Waals surface area contributed by atoms with Crippen molar-refractivity contribution in [3.63, 3.8) is 0 Å². The zero-order valence-corrected chi connectivity index (χ0v) is 16.5. The second-order valence-electron chi connectivity index (χ2n) is 7.19. The van der Waals surface area contributed by atoms with Gasteiger partial charge < -0.3 is 10.2 Å². The van der Waals surface area contributed by atoms with Crippen molar-refractivity contribution in [3.8, 4) is 0 Å². The van der Waals surface area contributed by atoms with Crippen LogP contribution in [-0.2, 0) is 9.59 Å². The lowest BCUT2D eigenvalue weighted by molar-refractivity contribution is -0.122. The number of benzene rings is 2. The number of pyridine rings is 1. The molecule has 4 rings (SSSR count). The Labute approximate surface area is 168 Å². The van der Waals surface area contributed by atoms with Crippen LogP contribution in [0.2, 0.25) is 5.02 Å². The minimum Gasteiger partial charge on any atom is -0.324 e. The highest BCUT2D eigenvalue weighted by molar-refractivity contribution is 6.34. The monoisotopic (exact) mass is 393 g/mol. The average Bonchev–Trinajstić information content (AvgIpc) is 3.05. The number of aromatic nitrogens is 1. The van der Waals surface area contributed by atoms with Crippen molar-refractivity contribution in [2.24, 2.45) is 5.92 Å². The van der Waals surface area contributed by atoms with Gasteiger partial charge in [0.05, 0.1) is 27.8 Å². The molecule has 1 unspecified atom stereocenters. The van der Waals surface area contributed by atoms with E-state index in [0.29, 0.717) is 17.3 Å². The molecule has 6 heteroatoms. The largest absolute Gasteiger partial charge is 0.324 e. The van der Waals surface area contributed by atoms with Gasteiger partial charge in [-0.3, -0.25) is 14.6 Å². The number of aryl methyl sites for hydroxylation is 2. The number of fused-ring (bicyclic) bond motifs is 1. The van der Waals surface area contributed by atoms with Crippen LogP contribution in [0.3, 0.4) is 0 Å². The van der Waals surface area contributed by atoms with Crippen molar-refractivity contribution >= 4 is 45.7 Å². The maximum atomic E-state index is 12.8. The van der Waals surface area contributed by atoms with Crippen LogP contribution in [-0.4, -0.2) is 23.3 Å². The van der Waals surface area contributed by atoms with Crippen molar-refractivity contribution < 1.29 is 9.59 Å². The second-order valence-corrected chi connectivity index (χ2v) is 7.59. The number of halogens is 1. The molecule has 0 saturated carbocycles. The Morgan fingerprint density at radius 3 is 2.79 bits per heavy atom. The Hall–Kier alpha value is -2.92. The number of amides is 2. The third kappa shape index (κ3) is 3.34. The van der Waals surface area contributed by atoms with Crippen LogP contribution in [0.25, 0.3) is 10.9 Å². The van der Waals surface area contributed by atoms with Gasteiger partial charge in [-0.25, -0.2) is 0 Å². The van der Waals surface area contributed by atoms with Crippen LogP contribution in [0.5, 0.6) is 0 Å². The lowest BCUT2D eigenvalue weighted by atomic mass is 10.1. The zero-order chi connectivity index (χ0) is 19.8. The van der Waals surface area contributed by atoms with Gasteiger partial charge >= 0.3 is 0 Å². The molecule has 0 bridgehead atoms. The molecule has 0 spiro atoms. The SMILES string of the molecule is Cc1cc(C)c(NC(=O)C2CC(=O)N(c3cccc4cccnc34)C2)c(Cl)c1. The van der Waals surface area contributed by atoms with Gasteiger partial charge in [-0.15, -0.1) is 0 Å². The predicted molar refractivity (Wildman–Crippen MR) is 112 cm³/mol. The molecule has 142 valence electrons. The fourth-order valence-corrected chi connectivity index (χ4v) is 4.09. The minimum absolute atomic E-state index is 0.0787. The second kappa shape index (κ2) is 7.24. The molecule has 2 amide bonds. The van der Waals surface area contributed by atoms with Gasteiger partial charge in [0.25, 0.3) is 0 Å². The van der Waals surface area contributed by atoms with Crippen molar-refractivity contribution in [2.75, 3.05) is 16.8 Å². The van der Waals surface area contributed by atoms with E-state index in [2.05, 4.69) is 10.3 Å². The molecule has 2 aromatic carbocycles. The van der Waals surface area contributed by atoms with Crippen molar-refractivity contribution in [1.29, 1.82) is 0 Å². The van der Waals surface area contributed by atoms with E-state index in [0.717, 1.165) is 27.7 Å². The topological polar surface area (TPSA) is 62.3 Å². The molecule has 3 aromatic rings. The Morgan fingerprint density at radius 2 is 2.00 bits per heavy atom. The van der Waals surface area contributed by atoms with E-state index >= 15 is 0 Å². The molecule has 1 fully saturated rings.